The normalized spacial score (nSPS) is 14.2. The summed E-state index contributed by atoms with van der Waals surface area (Å²) in [4.78, 5) is 28.2. The summed E-state index contributed by atoms with van der Waals surface area (Å²) in [5.74, 6) is 0.473. The van der Waals surface area contributed by atoms with Crippen LogP contribution in [-0.2, 0) is 26.2 Å². The number of fused-ring (bicyclic) bond motifs is 1. The lowest BCUT2D eigenvalue weighted by atomic mass is 10.1. The number of amides is 2. The highest BCUT2D eigenvalue weighted by molar-refractivity contribution is 7.92. The van der Waals surface area contributed by atoms with Gasteiger partial charge in [0.15, 0.2) is 11.5 Å². The topological polar surface area (TPSA) is 114 Å². The van der Waals surface area contributed by atoms with Crippen LogP contribution in [0.4, 0.5) is 5.69 Å². The standard InChI is InChI=1S/C27H37N3O7S/c1-6-19(3)28-27(32)20(4)29(17-21-9-8-10-23(15-21)35-5)26(31)18-30(38(33,34)7-2)22-11-12-24-25(16-22)37-14-13-36-24/h8-12,15-16,19-20H,6-7,13-14,17-18H2,1-5H3,(H,28,32)/t19-,20-/m1/s1. The van der Waals surface area contributed by atoms with Gasteiger partial charge in [0.25, 0.3) is 0 Å². The molecule has 0 aliphatic carbocycles. The van der Waals surface area contributed by atoms with E-state index in [1.165, 1.54) is 11.8 Å². The molecule has 0 unspecified atom stereocenters. The summed E-state index contributed by atoms with van der Waals surface area (Å²) >= 11 is 0. The van der Waals surface area contributed by atoms with Crippen molar-refractivity contribution < 1.29 is 32.2 Å². The van der Waals surface area contributed by atoms with E-state index in [1.54, 1.807) is 50.4 Å². The molecular weight excluding hydrogens is 510 g/mol. The van der Waals surface area contributed by atoms with E-state index in [9.17, 15) is 18.0 Å². The molecule has 0 bridgehead atoms. The van der Waals surface area contributed by atoms with Crippen LogP contribution in [0.3, 0.4) is 0 Å². The maximum absolute atomic E-state index is 13.8. The zero-order chi connectivity index (χ0) is 27.9. The summed E-state index contributed by atoms with van der Waals surface area (Å²) in [6.45, 7) is 7.34. The van der Waals surface area contributed by atoms with Crippen molar-refractivity contribution in [1.29, 1.82) is 0 Å². The number of sulfonamides is 1. The molecule has 1 N–H and O–H groups in total. The summed E-state index contributed by atoms with van der Waals surface area (Å²) in [6, 6.07) is 11.0. The maximum Gasteiger partial charge on any atom is 0.244 e. The first kappa shape index (κ1) is 29.1. The fourth-order valence-electron chi connectivity index (χ4n) is 3.92. The fourth-order valence-corrected chi connectivity index (χ4v) is 4.98. The molecule has 2 aromatic rings. The SMILES string of the molecule is CC[C@@H](C)NC(=O)[C@@H](C)N(Cc1cccc(OC)c1)C(=O)CN(c1ccc2c(c1)OCCO2)S(=O)(=O)CC. The Hall–Kier alpha value is -3.47. The number of rotatable bonds is 12. The van der Waals surface area contributed by atoms with Gasteiger partial charge in [-0.2, -0.15) is 0 Å². The van der Waals surface area contributed by atoms with Crippen LogP contribution in [0.1, 0.15) is 39.7 Å². The van der Waals surface area contributed by atoms with Crippen molar-refractivity contribution >= 4 is 27.5 Å². The summed E-state index contributed by atoms with van der Waals surface area (Å²) in [6.07, 6.45) is 0.731. The van der Waals surface area contributed by atoms with Crippen molar-refractivity contribution in [2.45, 2.75) is 52.7 Å². The van der Waals surface area contributed by atoms with Crippen molar-refractivity contribution in [3.8, 4) is 17.2 Å². The third-order valence-electron chi connectivity index (χ3n) is 6.45. The lowest BCUT2D eigenvalue weighted by molar-refractivity contribution is -0.139. The average molecular weight is 548 g/mol. The van der Waals surface area contributed by atoms with E-state index in [-0.39, 0.29) is 29.9 Å². The van der Waals surface area contributed by atoms with Crippen LogP contribution in [0, 0.1) is 0 Å². The molecule has 0 saturated heterocycles. The van der Waals surface area contributed by atoms with Crippen molar-refractivity contribution in [2.24, 2.45) is 0 Å². The molecule has 2 amide bonds. The maximum atomic E-state index is 13.8. The van der Waals surface area contributed by atoms with E-state index >= 15 is 0 Å². The van der Waals surface area contributed by atoms with Crippen LogP contribution >= 0.6 is 0 Å². The molecule has 11 heteroatoms. The molecule has 0 saturated carbocycles. The van der Waals surface area contributed by atoms with Gasteiger partial charge in [-0.1, -0.05) is 19.1 Å². The summed E-state index contributed by atoms with van der Waals surface area (Å²) in [5, 5.41) is 2.91. The van der Waals surface area contributed by atoms with Crippen LogP contribution in [0.2, 0.25) is 0 Å². The first-order valence-electron chi connectivity index (χ1n) is 12.7. The fraction of sp³-hybridized carbons (Fsp3) is 0.481. The van der Waals surface area contributed by atoms with Gasteiger partial charge in [-0.15, -0.1) is 0 Å². The number of carbonyl (C=O) groups excluding carboxylic acids is 2. The number of ether oxygens (including phenoxy) is 3. The van der Waals surface area contributed by atoms with Gasteiger partial charge in [0, 0.05) is 18.7 Å². The molecular formula is C27H37N3O7S. The van der Waals surface area contributed by atoms with Gasteiger partial charge in [-0.3, -0.25) is 13.9 Å². The molecule has 0 aromatic heterocycles. The van der Waals surface area contributed by atoms with Gasteiger partial charge in [0.1, 0.15) is 31.5 Å². The Labute approximate surface area is 224 Å². The lowest BCUT2D eigenvalue weighted by Crippen LogP contribution is -2.52. The highest BCUT2D eigenvalue weighted by Crippen LogP contribution is 2.35. The molecule has 2 aromatic carbocycles. The van der Waals surface area contributed by atoms with E-state index in [0.717, 1.165) is 16.3 Å². The summed E-state index contributed by atoms with van der Waals surface area (Å²) in [5.41, 5.74) is 1.02. The molecule has 38 heavy (non-hydrogen) atoms. The Morgan fingerprint density at radius 1 is 1.05 bits per heavy atom. The first-order valence-corrected chi connectivity index (χ1v) is 14.3. The van der Waals surface area contributed by atoms with Crippen LogP contribution < -0.4 is 23.8 Å². The minimum Gasteiger partial charge on any atom is -0.497 e. The van der Waals surface area contributed by atoms with Gasteiger partial charge in [0.2, 0.25) is 21.8 Å². The van der Waals surface area contributed by atoms with Gasteiger partial charge < -0.3 is 24.4 Å². The van der Waals surface area contributed by atoms with Crippen molar-refractivity contribution in [3.05, 3.63) is 48.0 Å². The third-order valence-corrected chi connectivity index (χ3v) is 8.19. The zero-order valence-corrected chi connectivity index (χ0v) is 23.4. The van der Waals surface area contributed by atoms with Crippen LogP contribution in [0.5, 0.6) is 17.2 Å². The molecule has 2 atom stereocenters. The third kappa shape index (κ3) is 7.09. The highest BCUT2D eigenvalue weighted by Gasteiger charge is 2.32. The number of nitrogens with zero attached hydrogens (tertiary/aromatic N) is 2. The Balaban J connectivity index is 1.95. The van der Waals surface area contributed by atoms with Crippen molar-refractivity contribution in [2.75, 3.05) is 36.9 Å². The minimum absolute atomic E-state index is 0.0756. The number of benzene rings is 2. The second-order valence-corrected chi connectivity index (χ2v) is 11.3. The number of hydrogen-bond acceptors (Lipinski definition) is 7. The second-order valence-electron chi connectivity index (χ2n) is 9.10. The molecule has 1 aliphatic rings. The molecule has 1 heterocycles. The molecule has 0 radical (unpaired) electrons. The monoisotopic (exact) mass is 547 g/mol. The number of nitrogens with one attached hydrogen (secondary N) is 1. The first-order chi connectivity index (χ1) is 18.1. The van der Waals surface area contributed by atoms with Crippen LogP contribution in [0.15, 0.2) is 42.5 Å². The van der Waals surface area contributed by atoms with E-state index in [1.807, 2.05) is 19.9 Å². The van der Waals surface area contributed by atoms with Gasteiger partial charge in [-0.25, -0.2) is 8.42 Å². The van der Waals surface area contributed by atoms with E-state index < -0.39 is 28.5 Å². The second kappa shape index (κ2) is 12.9. The quantitative estimate of drug-likeness (QED) is 0.435. The molecule has 0 fully saturated rings. The smallest absolute Gasteiger partial charge is 0.244 e. The van der Waals surface area contributed by atoms with Crippen LogP contribution in [0.25, 0.3) is 0 Å². The van der Waals surface area contributed by atoms with Crippen LogP contribution in [-0.4, -0.2) is 69.8 Å². The molecule has 0 spiro atoms. The molecule has 3 rings (SSSR count). The number of methoxy groups -OCH3 is 1. The van der Waals surface area contributed by atoms with Gasteiger partial charge in [0.05, 0.1) is 18.6 Å². The minimum atomic E-state index is -3.85. The molecule has 208 valence electrons. The number of hydrogen-bond donors (Lipinski definition) is 1. The predicted molar refractivity (Wildman–Crippen MR) is 145 cm³/mol. The van der Waals surface area contributed by atoms with E-state index in [4.69, 9.17) is 14.2 Å². The lowest BCUT2D eigenvalue weighted by Gasteiger charge is -2.32. The van der Waals surface area contributed by atoms with Crippen molar-refractivity contribution in [3.63, 3.8) is 0 Å². The average Bonchev–Trinajstić information content (AvgIpc) is 2.93. The van der Waals surface area contributed by atoms with E-state index in [2.05, 4.69) is 5.32 Å². The molecule has 10 nitrogen and oxygen atoms in total. The number of anilines is 1. The highest BCUT2D eigenvalue weighted by atomic mass is 32.2. The Kier molecular flexibility index (Phi) is 9.84. The Morgan fingerprint density at radius 3 is 2.42 bits per heavy atom. The van der Waals surface area contributed by atoms with Gasteiger partial charge >= 0.3 is 0 Å². The Bertz CT molecular complexity index is 1230. The largest absolute Gasteiger partial charge is 0.497 e. The summed E-state index contributed by atoms with van der Waals surface area (Å²) < 4.78 is 43.8. The van der Waals surface area contributed by atoms with Gasteiger partial charge in [-0.05, 0) is 57.0 Å². The number of carbonyl (C=O) groups is 2. The molecule has 1 aliphatic heterocycles. The van der Waals surface area contributed by atoms with E-state index in [0.29, 0.717) is 30.5 Å². The summed E-state index contributed by atoms with van der Waals surface area (Å²) in [7, 11) is -2.31. The Morgan fingerprint density at radius 2 is 1.76 bits per heavy atom. The van der Waals surface area contributed by atoms with Crippen molar-refractivity contribution in [1.82, 2.24) is 10.2 Å². The predicted octanol–water partition coefficient (Wildman–Crippen LogP) is 2.95. The zero-order valence-electron chi connectivity index (χ0n) is 22.6.